The number of carbonyl (C=O) groups excluding carboxylic acids is 1. The lowest BCUT2D eigenvalue weighted by Gasteiger charge is -2.28. The first-order chi connectivity index (χ1) is 8.63. The summed E-state index contributed by atoms with van der Waals surface area (Å²) in [5.74, 6) is -0.700. The van der Waals surface area contributed by atoms with Gasteiger partial charge in [-0.05, 0) is 32.4 Å². The van der Waals surface area contributed by atoms with Crippen molar-refractivity contribution in [3.63, 3.8) is 0 Å². The second kappa shape index (κ2) is 5.50. The molecule has 0 saturated carbocycles. The summed E-state index contributed by atoms with van der Waals surface area (Å²) in [6, 6.07) is 4.19. The topological polar surface area (TPSA) is 46.3 Å². The zero-order valence-electron chi connectivity index (χ0n) is 11.1. The van der Waals surface area contributed by atoms with Crippen molar-refractivity contribution in [3.8, 4) is 0 Å². The third-order valence-corrected chi connectivity index (χ3v) is 2.79. The molecule has 6 heteroatoms. The minimum Gasteiger partial charge on any atom is -0.398 e. The Labute approximate surface area is 110 Å². The molecule has 1 aromatic rings. The molecular weight excluding hydrogens is 257 g/mol. The number of rotatable bonds is 3. The van der Waals surface area contributed by atoms with Crippen LogP contribution in [-0.4, -0.2) is 29.6 Å². The summed E-state index contributed by atoms with van der Waals surface area (Å²) in [6.07, 6.45) is -4.43. The summed E-state index contributed by atoms with van der Waals surface area (Å²) < 4.78 is 37.5. The summed E-state index contributed by atoms with van der Waals surface area (Å²) in [4.78, 5) is 13.0. The maximum Gasteiger partial charge on any atom is 0.406 e. The fourth-order valence-electron chi connectivity index (χ4n) is 1.70. The monoisotopic (exact) mass is 274 g/mol. The van der Waals surface area contributed by atoms with E-state index >= 15 is 0 Å². The molecule has 1 aromatic carbocycles. The standard InChI is InChI=1S/C13H17F3N2O/c1-8(2)18(7-13(14,15)16)12(19)10-6-4-5-9(3)11(10)17/h4-6,8H,7,17H2,1-3H3. The van der Waals surface area contributed by atoms with E-state index in [1.807, 2.05) is 0 Å². The molecule has 0 bridgehead atoms. The van der Waals surface area contributed by atoms with Gasteiger partial charge in [-0.2, -0.15) is 13.2 Å². The second-order valence-electron chi connectivity index (χ2n) is 4.68. The summed E-state index contributed by atoms with van der Waals surface area (Å²) in [5, 5.41) is 0. The van der Waals surface area contributed by atoms with Crippen LogP contribution in [0.4, 0.5) is 18.9 Å². The van der Waals surface area contributed by atoms with Gasteiger partial charge in [0.2, 0.25) is 0 Å². The molecule has 0 atom stereocenters. The van der Waals surface area contributed by atoms with Crippen molar-refractivity contribution in [2.45, 2.75) is 33.0 Å². The molecule has 0 fully saturated rings. The van der Waals surface area contributed by atoms with E-state index in [1.54, 1.807) is 19.1 Å². The number of carbonyl (C=O) groups is 1. The molecule has 1 amide bonds. The highest BCUT2D eigenvalue weighted by Crippen LogP contribution is 2.23. The fourth-order valence-corrected chi connectivity index (χ4v) is 1.70. The van der Waals surface area contributed by atoms with Gasteiger partial charge in [0.15, 0.2) is 0 Å². The lowest BCUT2D eigenvalue weighted by Crippen LogP contribution is -2.43. The Kier molecular flexibility index (Phi) is 4.44. The van der Waals surface area contributed by atoms with Crippen LogP contribution in [0.1, 0.15) is 29.8 Å². The van der Waals surface area contributed by atoms with Crippen LogP contribution in [0.5, 0.6) is 0 Å². The van der Waals surface area contributed by atoms with Gasteiger partial charge in [0.25, 0.3) is 5.91 Å². The van der Waals surface area contributed by atoms with Gasteiger partial charge in [-0.25, -0.2) is 0 Å². The smallest absolute Gasteiger partial charge is 0.398 e. The number of aryl methyl sites for hydroxylation is 1. The van der Waals surface area contributed by atoms with Crippen LogP contribution < -0.4 is 5.73 Å². The van der Waals surface area contributed by atoms with E-state index in [2.05, 4.69) is 0 Å². The highest BCUT2D eigenvalue weighted by Gasteiger charge is 2.35. The quantitative estimate of drug-likeness (QED) is 0.861. The molecule has 0 heterocycles. The van der Waals surface area contributed by atoms with Gasteiger partial charge in [0.05, 0.1) is 5.56 Å². The van der Waals surface area contributed by atoms with E-state index in [1.165, 1.54) is 19.9 Å². The molecule has 0 saturated heterocycles. The normalized spacial score (nSPS) is 11.7. The molecule has 0 radical (unpaired) electrons. The summed E-state index contributed by atoms with van der Waals surface area (Å²) in [6.45, 7) is 3.50. The molecule has 0 aromatic heterocycles. The average Bonchev–Trinajstić information content (AvgIpc) is 2.27. The molecule has 0 aliphatic heterocycles. The Morgan fingerprint density at radius 3 is 2.42 bits per heavy atom. The number of para-hydroxylation sites is 1. The molecule has 0 aliphatic carbocycles. The van der Waals surface area contributed by atoms with Gasteiger partial charge in [0.1, 0.15) is 6.54 Å². The van der Waals surface area contributed by atoms with Crippen LogP contribution in [0, 0.1) is 6.92 Å². The predicted molar refractivity (Wildman–Crippen MR) is 67.8 cm³/mol. The van der Waals surface area contributed by atoms with Crippen LogP contribution in [0.25, 0.3) is 0 Å². The molecule has 0 spiro atoms. The number of alkyl halides is 3. The number of hydrogen-bond donors (Lipinski definition) is 1. The van der Waals surface area contributed by atoms with E-state index in [0.29, 0.717) is 5.56 Å². The number of anilines is 1. The van der Waals surface area contributed by atoms with Crippen molar-refractivity contribution in [3.05, 3.63) is 29.3 Å². The number of halogens is 3. The van der Waals surface area contributed by atoms with Gasteiger partial charge < -0.3 is 10.6 Å². The Balaban J connectivity index is 3.10. The van der Waals surface area contributed by atoms with E-state index in [4.69, 9.17) is 5.73 Å². The van der Waals surface area contributed by atoms with Crippen molar-refractivity contribution in [2.75, 3.05) is 12.3 Å². The van der Waals surface area contributed by atoms with Gasteiger partial charge in [-0.1, -0.05) is 12.1 Å². The van der Waals surface area contributed by atoms with Gasteiger partial charge in [-0.3, -0.25) is 4.79 Å². The number of hydrogen-bond acceptors (Lipinski definition) is 2. The van der Waals surface area contributed by atoms with E-state index in [0.717, 1.165) is 4.90 Å². The van der Waals surface area contributed by atoms with Crippen LogP contribution in [0.15, 0.2) is 18.2 Å². The third kappa shape index (κ3) is 3.87. The molecule has 2 N–H and O–H groups in total. The summed E-state index contributed by atoms with van der Waals surface area (Å²) in [5.41, 5.74) is 6.76. The zero-order chi connectivity index (χ0) is 14.8. The number of amides is 1. The minimum absolute atomic E-state index is 0.109. The number of benzene rings is 1. The number of nitrogen functional groups attached to an aromatic ring is 1. The first-order valence-corrected chi connectivity index (χ1v) is 5.86. The van der Waals surface area contributed by atoms with Crippen molar-refractivity contribution >= 4 is 11.6 Å². The Hall–Kier alpha value is -1.72. The van der Waals surface area contributed by atoms with Crippen molar-refractivity contribution < 1.29 is 18.0 Å². The van der Waals surface area contributed by atoms with E-state index in [9.17, 15) is 18.0 Å². The van der Waals surface area contributed by atoms with Gasteiger partial charge in [0, 0.05) is 11.7 Å². The lowest BCUT2D eigenvalue weighted by atomic mass is 10.1. The molecule has 19 heavy (non-hydrogen) atoms. The first kappa shape index (κ1) is 15.3. The lowest BCUT2D eigenvalue weighted by molar-refractivity contribution is -0.143. The highest BCUT2D eigenvalue weighted by molar-refractivity contribution is 5.99. The maximum absolute atomic E-state index is 12.5. The van der Waals surface area contributed by atoms with E-state index in [-0.39, 0.29) is 11.3 Å². The van der Waals surface area contributed by atoms with Crippen molar-refractivity contribution in [2.24, 2.45) is 0 Å². The molecule has 1 rings (SSSR count). The zero-order valence-corrected chi connectivity index (χ0v) is 11.1. The SMILES string of the molecule is Cc1cccc(C(=O)N(CC(F)(F)F)C(C)C)c1N. The first-order valence-electron chi connectivity index (χ1n) is 5.86. The van der Waals surface area contributed by atoms with E-state index < -0.39 is 24.7 Å². The van der Waals surface area contributed by atoms with Gasteiger partial charge in [-0.15, -0.1) is 0 Å². The van der Waals surface area contributed by atoms with Crippen LogP contribution in [-0.2, 0) is 0 Å². The Morgan fingerprint density at radius 1 is 1.37 bits per heavy atom. The van der Waals surface area contributed by atoms with Crippen LogP contribution in [0.3, 0.4) is 0 Å². The van der Waals surface area contributed by atoms with Crippen LogP contribution in [0.2, 0.25) is 0 Å². The van der Waals surface area contributed by atoms with Crippen molar-refractivity contribution in [1.82, 2.24) is 4.90 Å². The van der Waals surface area contributed by atoms with Gasteiger partial charge >= 0.3 is 6.18 Å². The molecule has 0 aliphatic rings. The Bertz CT molecular complexity index is 469. The number of nitrogens with zero attached hydrogens (tertiary/aromatic N) is 1. The maximum atomic E-state index is 12.5. The third-order valence-electron chi connectivity index (χ3n) is 2.79. The molecule has 0 unspecified atom stereocenters. The van der Waals surface area contributed by atoms with Crippen molar-refractivity contribution in [1.29, 1.82) is 0 Å². The number of nitrogens with two attached hydrogens (primary N) is 1. The predicted octanol–water partition coefficient (Wildman–Crippen LogP) is 2.99. The molecule has 106 valence electrons. The average molecular weight is 274 g/mol. The Morgan fingerprint density at radius 2 is 1.95 bits per heavy atom. The summed E-state index contributed by atoms with van der Waals surface area (Å²) in [7, 11) is 0. The molecule has 3 nitrogen and oxygen atoms in total. The van der Waals surface area contributed by atoms with Crippen LogP contribution >= 0.6 is 0 Å². The second-order valence-corrected chi connectivity index (χ2v) is 4.68. The fraction of sp³-hybridized carbons (Fsp3) is 0.462. The summed E-state index contributed by atoms with van der Waals surface area (Å²) >= 11 is 0. The molecular formula is C13H17F3N2O. The largest absolute Gasteiger partial charge is 0.406 e. The minimum atomic E-state index is -4.43. The highest BCUT2D eigenvalue weighted by atomic mass is 19.4.